The molecule has 0 spiro atoms. The van der Waals surface area contributed by atoms with Gasteiger partial charge in [-0.1, -0.05) is 6.07 Å². The van der Waals surface area contributed by atoms with E-state index in [0.717, 1.165) is 54.4 Å². The Kier molecular flexibility index (Phi) is 5.04. The van der Waals surface area contributed by atoms with Gasteiger partial charge >= 0.3 is 0 Å². The van der Waals surface area contributed by atoms with E-state index in [-0.39, 0.29) is 12.0 Å². The number of aromatic nitrogens is 3. The number of fused-ring (bicyclic) bond motifs is 1. The van der Waals surface area contributed by atoms with Crippen molar-refractivity contribution in [2.75, 3.05) is 18.5 Å². The highest BCUT2D eigenvalue weighted by Crippen LogP contribution is 2.27. The summed E-state index contributed by atoms with van der Waals surface area (Å²) in [4.78, 5) is 25.9. The maximum Gasteiger partial charge on any atom is 0.251 e. The monoisotopic (exact) mass is 403 g/mol. The molecule has 7 nitrogen and oxygen atoms in total. The number of hydrogen-bond acceptors (Lipinski definition) is 6. The molecule has 7 heteroatoms. The van der Waals surface area contributed by atoms with E-state index in [4.69, 9.17) is 4.74 Å². The molecule has 1 saturated heterocycles. The van der Waals surface area contributed by atoms with Crippen molar-refractivity contribution in [1.82, 2.24) is 20.3 Å². The molecular formula is C23H25N5O2. The maximum absolute atomic E-state index is 12.4. The number of anilines is 1. The van der Waals surface area contributed by atoms with Gasteiger partial charge in [0.1, 0.15) is 0 Å². The summed E-state index contributed by atoms with van der Waals surface area (Å²) in [6.07, 6.45) is 8.15. The van der Waals surface area contributed by atoms with Gasteiger partial charge in [0.05, 0.1) is 6.10 Å². The normalized spacial score (nSPS) is 18.5. The van der Waals surface area contributed by atoms with Crippen LogP contribution in [-0.4, -0.2) is 46.2 Å². The first kappa shape index (κ1) is 18.9. The number of hydrogen-bond donors (Lipinski definition) is 2. The molecule has 1 saturated carbocycles. The molecule has 154 valence electrons. The highest BCUT2D eigenvalue weighted by atomic mass is 16.5. The largest absolute Gasteiger partial charge is 0.376 e. The lowest BCUT2D eigenvalue weighted by molar-refractivity contribution is 0.0951. The molecule has 30 heavy (non-hydrogen) atoms. The molecule has 0 radical (unpaired) electrons. The second kappa shape index (κ2) is 7.99. The topological polar surface area (TPSA) is 89.0 Å². The Morgan fingerprint density at radius 2 is 2.07 bits per heavy atom. The number of nitrogens with one attached hydrogen (secondary N) is 2. The summed E-state index contributed by atoms with van der Waals surface area (Å²) in [5.74, 6) is 0.547. The second-order valence-electron chi connectivity index (χ2n) is 8.12. The van der Waals surface area contributed by atoms with Crippen LogP contribution in [0.1, 0.15) is 41.6 Å². The van der Waals surface area contributed by atoms with Crippen molar-refractivity contribution in [2.24, 2.45) is 0 Å². The summed E-state index contributed by atoms with van der Waals surface area (Å²) in [6, 6.07) is 8.16. The molecule has 1 amide bonds. The number of carbonyl (C=O) groups is 1. The number of benzene rings is 1. The van der Waals surface area contributed by atoms with Crippen LogP contribution in [0.5, 0.6) is 0 Å². The van der Waals surface area contributed by atoms with Crippen LogP contribution in [0, 0.1) is 6.92 Å². The average molecular weight is 403 g/mol. The van der Waals surface area contributed by atoms with Gasteiger partial charge in [-0.2, -0.15) is 4.98 Å². The third kappa shape index (κ3) is 4.11. The van der Waals surface area contributed by atoms with Crippen molar-refractivity contribution in [3.63, 3.8) is 0 Å². The van der Waals surface area contributed by atoms with E-state index >= 15 is 0 Å². The first-order valence-corrected chi connectivity index (χ1v) is 10.6. The smallest absolute Gasteiger partial charge is 0.251 e. The third-order valence-electron chi connectivity index (χ3n) is 5.67. The molecule has 3 aromatic rings. The number of nitrogens with zero attached hydrogens (tertiary/aromatic N) is 3. The Balaban J connectivity index is 1.37. The zero-order valence-electron chi connectivity index (χ0n) is 17.0. The van der Waals surface area contributed by atoms with Crippen molar-refractivity contribution in [3.05, 3.63) is 47.8 Å². The van der Waals surface area contributed by atoms with Crippen molar-refractivity contribution in [3.8, 4) is 11.1 Å². The van der Waals surface area contributed by atoms with E-state index in [2.05, 4.69) is 25.6 Å². The molecule has 5 rings (SSSR count). The van der Waals surface area contributed by atoms with Gasteiger partial charge in [-0.25, -0.2) is 9.97 Å². The van der Waals surface area contributed by atoms with Gasteiger partial charge in [-0.15, -0.1) is 0 Å². The molecule has 2 N–H and O–H groups in total. The van der Waals surface area contributed by atoms with Crippen molar-refractivity contribution < 1.29 is 9.53 Å². The molecule has 3 heterocycles. The zero-order chi connectivity index (χ0) is 20.5. The molecule has 2 fully saturated rings. The van der Waals surface area contributed by atoms with Crippen molar-refractivity contribution in [2.45, 2.75) is 44.8 Å². The lowest BCUT2D eigenvalue weighted by Crippen LogP contribution is -2.25. The summed E-state index contributed by atoms with van der Waals surface area (Å²) in [7, 11) is 0. The molecule has 1 aromatic carbocycles. The van der Waals surface area contributed by atoms with E-state index in [1.165, 1.54) is 0 Å². The van der Waals surface area contributed by atoms with E-state index in [0.29, 0.717) is 29.7 Å². The number of carbonyl (C=O) groups excluding carboxylic acids is 1. The van der Waals surface area contributed by atoms with Gasteiger partial charge in [-0.05, 0) is 61.9 Å². The quantitative estimate of drug-likeness (QED) is 0.655. The molecule has 0 bridgehead atoms. The van der Waals surface area contributed by atoms with Crippen LogP contribution in [0.3, 0.4) is 0 Å². The Labute approximate surface area is 175 Å². The lowest BCUT2D eigenvalue weighted by atomic mass is 9.98. The SMILES string of the molecule is Cc1ccc(C(=O)NC2CC2)cc1-c1cnc2nc(NCC3CCCO3)ncc2c1. The summed E-state index contributed by atoms with van der Waals surface area (Å²) in [5.41, 5.74) is 4.35. The Morgan fingerprint density at radius 1 is 1.17 bits per heavy atom. The van der Waals surface area contributed by atoms with Crippen LogP contribution >= 0.6 is 0 Å². The average Bonchev–Trinajstić information content (AvgIpc) is 3.42. The minimum atomic E-state index is -0.0159. The van der Waals surface area contributed by atoms with Gasteiger partial charge in [0.25, 0.3) is 5.91 Å². The van der Waals surface area contributed by atoms with Crippen molar-refractivity contribution in [1.29, 1.82) is 0 Å². The Morgan fingerprint density at radius 3 is 2.87 bits per heavy atom. The molecule has 1 atom stereocenters. The van der Waals surface area contributed by atoms with E-state index in [1.807, 2.05) is 37.4 Å². The van der Waals surface area contributed by atoms with Gasteiger partial charge in [0.15, 0.2) is 5.65 Å². The first-order chi connectivity index (χ1) is 14.7. The van der Waals surface area contributed by atoms with E-state index < -0.39 is 0 Å². The fourth-order valence-electron chi connectivity index (χ4n) is 3.74. The molecular weight excluding hydrogens is 378 g/mol. The van der Waals surface area contributed by atoms with Crippen LogP contribution in [0.2, 0.25) is 0 Å². The third-order valence-corrected chi connectivity index (χ3v) is 5.67. The predicted molar refractivity (Wildman–Crippen MR) is 115 cm³/mol. The Bertz CT molecular complexity index is 1090. The first-order valence-electron chi connectivity index (χ1n) is 10.6. The standard InChI is InChI=1S/C23H25N5O2/c1-14-4-5-15(22(29)27-18-6-7-18)10-20(14)16-9-17-12-25-23(28-21(17)24-11-16)26-13-19-3-2-8-30-19/h4-5,9-12,18-19H,2-3,6-8,13H2,1H3,(H,27,29)(H,24,25,26,28). The number of pyridine rings is 1. The minimum Gasteiger partial charge on any atom is -0.376 e. The summed E-state index contributed by atoms with van der Waals surface area (Å²) in [5, 5.41) is 7.15. The molecule has 1 aliphatic carbocycles. The molecule has 2 aromatic heterocycles. The summed E-state index contributed by atoms with van der Waals surface area (Å²) in [6.45, 7) is 3.58. The summed E-state index contributed by atoms with van der Waals surface area (Å²) < 4.78 is 5.63. The van der Waals surface area contributed by atoms with E-state index in [1.54, 1.807) is 6.20 Å². The zero-order valence-corrected chi connectivity index (χ0v) is 17.0. The van der Waals surface area contributed by atoms with Gasteiger partial charge in [0.2, 0.25) is 5.95 Å². The van der Waals surface area contributed by atoms with Crippen molar-refractivity contribution >= 4 is 22.9 Å². The minimum absolute atomic E-state index is 0.0159. The maximum atomic E-state index is 12.4. The number of aryl methyl sites for hydroxylation is 1. The van der Waals surface area contributed by atoms with Crippen LogP contribution in [0.15, 0.2) is 36.7 Å². The molecule has 1 aliphatic heterocycles. The van der Waals surface area contributed by atoms with Gasteiger partial charge in [-0.3, -0.25) is 4.79 Å². The highest BCUT2D eigenvalue weighted by Gasteiger charge is 2.24. The van der Waals surface area contributed by atoms with Crippen LogP contribution in [0.4, 0.5) is 5.95 Å². The number of rotatable bonds is 6. The van der Waals surface area contributed by atoms with Gasteiger partial charge < -0.3 is 15.4 Å². The number of ether oxygens (including phenoxy) is 1. The highest BCUT2D eigenvalue weighted by molar-refractivity contribution is 5.96. The molecule has 1 unspecified atom stereocenters. The molecule has 2 aliphatic rings. The fourth-order valence-corrected chi connectivity index (χ4v) is 3.74. The second-order valence-corrected chi connectivity index (χ2v) is 8.12. The van der Waals surface area contributed by atoms with Gasteiger partial charge in [0, 0.05) is 48.1 Å². The fraction of sp³-hybridized carbons (Fsp3) is 0.391. The van der Waals surface area contributed by atoms with Crippen LogP contribution < -0.4 is 10.6 Å². The Hall–Kier alpha value is -3.06. The number of amides is 1. The predicted octanol–water partition coefficient (Wildman–Crippen LogP) is 3.48. The lowest BCUT2D eigenvalue weighted by Gasteiger charge is -2.12. The summed E-state index contributed by atoms with van der Waals surface area (Å²) >= 11 is 0. The van der Waals surface area contributed by atoms with Crippen LogP contribution in [-0.2, 0) is 4.74 Å². The van der Waals surface area contributed by atoms with E-state index in [9.17, 15) is 4.79 Å². The van der Waals surface area contributed by atoms with Crippen LogP contribution in [0.25, 0.3) is 22.2 Å².